The normalized spacial score (nSPS) is 18.0. The van der Waals surface area contributed by atoms with Gasteiger partial charge in [0.1, 0.15) is 24.3 Å². The molecule has 3 saturated carbocycles. The molecular weight excluding hydrogens is 585 g/mol. The first-order valence-electron chi connectivity index (χ1n) is 15.4. The molecule has 6 rings (SSSR count). The molecule has 13 heteroatoms. The monoisotopic (exact) mass is 627 g/mol. The number of nitrogens with one attached hydrogen (secondary N) is 2. The number of rotatable bonds is 14. The van der Waals surface area contributed by atoms with Crippen LogP contribution in [0.25, 0.3) is 11.1 Å². The Morgan fingerprint density at radius 3 is 2.41 bits per heavy atom. The van der Waals surface area contributed by atoms with E-state index in [1.54, 1.807) is 16.8 Å². The lowest BCUT2D eigenvalue weighted by atomic mass is 9.88. The van der Waals surface area contributed by atoms with Gasteiger partial charge < -0.3 is 15.4 Å². The molecule has 1 unspecified atom stereocenters. The zero-order chi connectivity index (χ0) is 31.2. The average molecular weight is 628 g/mol. The van der Waals surface area contributed by atoms with Crippen molar-refractivity contribution in [2.45, 2.75) is 71.1 Å². The quantitative estimate of drug-likeness (QED) is 0.192. The fourth-order valence-electron chi connectivity index (χ4n) is 5.98. The van der Waals surface area contributed by atoms with Gasteiger partial charge in [-0.05, 0) is 106 Å². The van der Waals surface area contributed by atoms with Crippen LogP contribution in [0.1, 0.15) is 72.0 Å². The van der Waals surface area contributed by atoms with Crippen LogP contribution in [0.3, 0.4) is 0 Å². The molecule has 3 heterocycles. The lowest BCUT2D eigenvalue weighted by Crippen LogP contribution is -2.50. The van der Waals surface area contributed by atoms with Crippen molar-refractivity contribution < 1.29 is 23.3 Å². The number of aryl methyl sites for hydroxylation is 1. The first-order valence-corrected chi connectivity index (χ1v) is 18.4. The number of hydrogen-bond acceptors (Lipinski definition) is 8. The largest absolute Gasteiger partial charge is 0.358 e. The molecule has 0 saturated heterocycles. The number of aromatic nitrogens is 5. The summed E-state index contributed by atoms with van der Waals surface area (Å²) in [4.78, 5) is 31.2. The Balaban J connectivity index is 1.17. The minimum atomic E-state index is -0.807. The van der Waals surface area contributed by atoms with E-state index in [9.17, 15) is 9.59 Å². The summed E-state index contributed by atoms with van der Waals surface area (Å²) in [5.41, 5.74) is 3.07. The Morgan fingerprint density at radius 2 is 1.80 bits per heavy atom. The predicted octanol–water partition coefficient (Wildman–Crippen LogP) is 4.80. The number of carbonyl (C=O) groups excluding carboxylic acids is 2. The number of halogens is 1. The first-order chi connectivity index (χ1) is 21.0. The third kappa shape index (κ3) is 6.98. The van der Waals surface area contributed by atoms with Crippen LogP contribution in [-0.2, 0) is 16.3 Å². The summed E-state index contributed by atoms with van der Waals surface area (Å²) < 4.78 is 28.0. The average Bonchev–Trinajstić information content (AvgIpc) is 3.85. The van der Waals surface area contributed by atoms with Gasteiger partial charge in [-0.1, -0.05) is 5.16 Å². The molecule has 0 aliphatic heterocycles. The maximum atomic E-state index is 15.5. The smallest absolute Gasteiger partial charge is 0.276 e. The molecule has 238 valence electrons. The second-order valence-electron chi connectivity index (χ2n) is 13.4. The third-order valence-corrected chi connectivity index (χ3v) is 10.2. The molecule has 44 heavy (non-hydrogen) atoms. The van der Waals surface area contributed by atoms with Crippen molar-refractivity contribution in [3.63, 3.8) is 0 Å². The van der Waals surface area contributed by atoms with E-state index in [0.717, 1.165) is 50.0 Å². The number of amides is 2. The van der Waals surface area contributed by atoms with Gasteiger partial charge in [0.2, 0.25) is 11.9 Å². The van der Waals surface area contributed by atoms with E-state index >= 15 is 4.39 Å². The van der Waals surface area contributed by atoms with Gasteiger partial charge in [-0.2, -0.15) is 9.49 Å². The highest BCUT2D eigenvalue weighted by molar-refractivity contribution is 8.32. The SMILES string of the molecule is Cc1nn(COCCS(C)(C)C)c(C)c1-c1ccc(NC(=O)C(NC(=O)c2nonc2C2CC2)C(C2CC2)C2CC2)nc1F. The summed E-state index contributed by atoms with van der Waals surface area (Å²) in [5.74, 6) is 0.375. The van der Waals surface area contributed by atoms with Crippen LogP contribution in [0.15, 0.2) is 16.8 Å². The number of hydrogen-bond donors (Lipinski definition) is 2. The van der Waals surface area contributed by atoms with Gasteiger partial charge in [0.25, 0.3) is 5.91 Å². The van der Waals surface area contributed by atoms with E-state index in [2.05, 4.69) is 49.8 Å². The van der Waals surface area contributed by atoms with Crippen molar-refractivity contribution in [2.75, 3.05) is 36.4 Å². The van der Waals surface area contributed by atoms with Gasteiger partial charge in [0.15, 0.2) is 5.69 Å². The summed E-state index contributed by atoms with van der Waals surface area (Å²) >= 11 is 0. The van der Waals surface area contributed by atoms with Gasteiger partial charge in [0, 0.05) is 28.5 Å². The third-order valence-electron chi connectivity index (χ3n) is 8.78. The maximum Gasteiger partial charge on any atom is 0.276 e. The summed E-state index contributed by atoms with van der Waals surface area (Å²) in [7, 11) is -0.657. The van der Waals surface area contributed by atoms with Crippen LogP contribution in [0.2, 0.25) is 0 Å². The summed E-state index contributed by atoms with van der Waals surface area (Å²) in [6.45, 7) is 4.63. The van der Waals surface area contributed by atoms with E-state index in [1.807, 2.05) is 13.8 Å². The zero-order valence-corrected chi connectivity index (χ0v) is 26.9. The number of pyridine rings is 1. The molecular formula is C31H42FN7O4S. The van der Waals surface area contributed by atoms with Gasteiger partial charge in [-0.3, -0.25) is 9.59 Å². The summed E-state index contributed by atoms with van der Waals surface area (Å²) in [6, 6.07) is 2.39. The molecule has 2 N–H and O–H groups in total. The lowest BCUT2D eigenvalue weighted by molar-refractivity contribution is -0.119. The molecule has 3 aromatic heterocycles. The van der Waals surface area contributed by atoms with Crippen LogP contribution < -0.4 is 10.6 Å². The second-order valence-corrected chi connectivity index (χ2v) is 18.0. The topological polar surface area (TPSA) is 137 Å². The Hall–Kier alpha value is -3.32. The van der Waals surface area contributed by atoms with Crippen LogP contribution in [0.5, 0.6) is 0 Å². The minimum Gasteiger partial charge on any atom is -0.358 e. The van der Waals surface area contributed by atoms with Crippen LogP contribution in [0.4, 0.5) is 10.2 Å². The van der Waals surface area contributed by atoms with E-state index in [4.69, 9.17) is 9.37 Å². The standard InChI is InChI=1S/C31H42FN7O4S/c1-17-24(18(2)39(36-17)16-42-14-15-44(3,4)5)22-12-13-23(33-29(22)32)34-30(40)27(25(19-6-7-19)20-8-9-20)35-31(41)28-26(21-10-11-21)37-43-38-28/h12-13,19-21,25,27H,6-11,14-16H2,1-5H3,(H,35,41)(H,33,34,40). The van der Waals surface area contributed by atoms with Gasteiger partial charge in [-0.15, -0.1) is 0 Å². The highest BCUT2D eigenvalue weighted by atomic mass is 32.3. The van der Waals surface area contributed by atoms with Crippen molar-refractivity contribution in [2.24, 2.45) is 17.8 Å². The van der Waals surface area contributed by atoms with Crippen molar-refractivity contribution in [1.82, 2.24) is 30.4 Å². The zero-order valence-electron chi connectivity index (χ0n) is 26.1. The highest BCUT2D eigenvalue weighted by Crippen LogP contribution is 2.51. The fourth-order valence-corrected chi connectivity index (χ4v) is 6.60. The molecule has 3 aliphatic carbocycles. The Morgan fingerprint density at radius 1 is 1.09 bits per heavy atom. The van der Waals surface area contributed by atoms with Crippen molar-refractivity contribution >= 4 is 27.7 Å². The Labute approximate surface area is 258 Å². The minimum absolute atomic E-state index is 0.00420. The van der Waals surface area contributed by atoms with Crippen molar-refractivity contribution in [3.8, 4) is 11.1 Å². The molecule has 0 bridgehead atoms. The number of nitrogens with zero attached hydrogens (tertiary/aromatic N) is 5. The highest BCUT2D eigenvalue weighted by Gasteiger charge is 2.49. The fraction of sp³-hybridized carbons (Fsp3) is 0.613. The van der Waals surface area contributed by atoms with E-state index in [0.29, 0.717) is 41.0 Å². The van der Waals surface area contributed by atoms with Crippen LogP contribution >= 0.6 is 10.0 Å². The summed E-state index contributed by atoms with van der Waals surface area (Å²) in [6.07, 6.45) is 12.7. The Kier molecular flexibility index (Phi) is 8.53. The van der Waals surface area contributed by atoms with Crippen molar-refractivity contribution in [3.05, 3.63) is 40.9 Å². The van der Waals surface area contributed by atoms with E-state index < -0.39 is 33.8 Å². The first kappa shape index (κ1) is 30.7. The molecule has 3 fully saturated rings. The molecule has 11 nitrogen and oxygen atoms in total. The maximum absolute atomic E-state index is 15.5. The van der Waals surface area contributed by atoms with Crippen molar-refractivity contribution in [1.29, 1.82) is 0 Å². The van der Waals surface area contributed by atoms with Gasteiger partial charge >= 0.3 is 0 Å². The van der Waals surface area contributed by atoms with Gasteiger partial charge in [-0.25, -0.2) is 24.3 Å². The molecule has 2 amide bonds. The second kappa shape index (κ2) is 12.2. The molecule has 0 spiro atoms. The molecule has 3 aliphatic rings. The number of ether oxygens (including phenoxy) is 1. The molecule has 3 aromatic rings. The van der Waals surface area contributed by atoms with Crippen LogP contribution in [0, 0.1) is 37.5 Å². The number of carbonyl (C=O) groups is 2. The molecule has 1 atom stereocenters. The molecule has 0 radical (unpaired) electrons. The van der Waals surface area contributed by atoms with E-state index in [-0.39, 0.29) is 30.1 Å². The predicted molar refractivity (Wildman–Crippen MR) is 166 cm³/mol. The van der Waals surface area contributed by atoms with Gasteiger partial charge in [0.05, 0.1) is 12.3 Å². The summed E-state index contributed by atoms with van der Waals surface area (Å²) in [5, 5.41) is 18.1. The Bertz CT molecular complexity index is 1530. The van der Waals surface area contributed by atoms with Crippen LogP contribution in [-0.4, -0.2) is 74.1 Å². The lowest BCUT2D eigenvalue weighted by Gasteiger charge is -2.27. The molecule has 0 aromatic carbocycles. The number of anilines is 1. The van der Waals surface area contributed by atoms with E-state index in [1.165, 1.54) is 0 Å².